The van der Waals surface area contributed by atoms with Crippen LogP contribution in [-0.4, -0.2) is 26.6 Å². The van der Waals surface area contributed by atoms with E-state index in [1.165, 1.54) is 5.56 Å². The summed E-state index contributed by atoms with van der Waals surface area (Å²) in [5.41, 5.74) is 4.22. The van der Waals surface area contributed by atoms with Crippen molar-refractivity contribution in [1.29, 1.82) is 0 Å². The summed E-state index contributed by atoms with van der Waals surface area (Å²) in [6.45, 7) is 2.44. The van der Waals surface area contributed by atoms with Crippen molar-refractivity contribution < 1.29 is 8.94 Å². The Labute approximate surface area is 156 Å². The Bertz CT molecular complexity index is 1040. The molecule has 0 amide bonds. The van der Waals surface area contributed by atoms with Crippen LogP contribution in [0.4, 0.5) is 0 Å². The Kier molecular flexibility index (Phi) is 4.03. The highest BCUT2D eigenvalue weighted by atomic mass is 16.5. The first-order valence-corrected chi connectivity index (χ1v) is 8.97. The highest BCUT2D eigenvalue weighted by Gasteiger charge is 2.20. The van der Waals surface area contributed by atoms with Gasteiger partial charge in [0.2, 0.25) is 0 Å². The van der Waals surface area contributed by atoms with Gasteiger partial charge in [0.25, 0.3) is 0 Å². The van der Waals surface area contributed by atoms with E-state index in [0.717, 1.165) is 48.8 Å². The Balaban J connectivity index is 1.32. The molecular weight excluding hydrogens is 340 g/mol. The highest BCUT2D eigenvalue weighted by molar-refractivity contribution is 5.56. The van der Waals surface area contributed by atoms with Crippen LogP contribution in [-0.2, 0) is 19.5 Å². The molecule has 6 nitrogen and oxygen atoms in total. The largest absolute Gasteiger partial charge is 0.461 e. The van der Waals surface area contributed by atoms with Gasteiger partial charge in [-0.2, -0.15) is 0 Å². The first-order chi connectivity index (χ1) is 13.3. The molecule has 27 heavy (non-hydrogen) atoms. The van der Waals surface area contributed by atoms with Crippen LogP contribution in [0.1, 0.15) is 17.0 Å². The first-order valence-electron chi connectivity index (χ1n) is 8.97. The summed E-state index contributed by atoms with van der Waals surface area (Å²) in [7, 11) is 0. The van der Waals surface area contributed by atoms with Gasteiger partial charge in [-0.1, -0.05) is 35.5 Å². The molecule has 134 valence electrons. The predicted molar refractivity (Wildman–Crippen MR) is 99.5 cm³/mol. The Hall–Kier alpha value is -3.25. The van der Waals surface area contributed by atoms with Gasteiger partial charge in [-0.25, -0.2) is 9.97 Å². The average molecular weight is 358 g/mol. The van der Waals surface area contributed by atoms with Crippen molar-refractivity contribution in [3.05, 3.63) is 77.9 Å². The van der Waals surface area contributed by atoms with E-state index in [1.807, 2.05) is 54.7 Å². The normalized spacial score (nSPS) is 14.2. The lowest BCUT2D eigenvalue weighted by Crippen LogP contribution is -2.31. The summed E-state index contributed by atoms with van der Waals surface area (Å²) < 4.78 is 10.9. The van der Waals surface area contributed by atoms with Crippen LogP contribution in [0, 0.1) is 0 Å². The van der Waals surface area contributed by atoms with Crippen LogP contribution in [0.2, 0.25) is 0 Å². The maximum atomic E-state index is 5.52. The highest BCUT2D eigenvalue weighted by Crippen LogP contribution is 2.24. The van der Waals surface area contributed by atoms with Gasteiger partial charge in [0, 0.05) is 37.5 Å². The summed E-state index contributed by atoms with van der Waals surface area (Å²) in [6, 6.07) is 15.8. The molecule has 1 aromatic carbocycles. The van der Waals surface area contributed by atoms with Gasteiger partial charge < -0.3 is 8.94 Å². The molecule has 3 aromatic heterocycles. The Morgan fingerprint density at radius 3 is 2.81 bits per heavy atom. The number of aromatic nitrogens is 3. The third-order valence-corrected chi connectivity index (χ3v) is 4.77. The molecule has 0 spiro atoms. The zero-order chi connectivity index (χ0) is 18.1. The SMILES string of the molecule is c1ccc(-c2cc(CN3CCc4cnc(-c5ccco5)nc4C3)no2)cc1. The van der Waals surface area contributed by atoms with E-state index < -0.39 is 0 Å². The number of fused-ring (bicyclic) bond motifs is 1. The van der Waals surface area contributed by atoms with Gasteiger partial charge in [-0.15, -0.1) is 0 Å². The third kappa shape index (κ3) is 3.27. The van der Waals surface area contributed by atoms with E-state index in [4.69, 9.17) is 13.9 Å². The van der Waals surface area contributed by atoms with Gasteiger partial charge in [0.15, 0.2) is 17.3 Å². The fourth-order valence-corrected chi connectivity index (χ4v) is 3.37. The van der Waals surface area contributed by atoms with Gasteiger partial charge in [0.05, 0.1) is 17.7 Å². The number of furan rings is 1. The molecule has 0 saturated heterocycles. The second-order valence-electron chi connectivity index (χ2n) is 6.65. The van der Waals surface area contributed by atoms with E-state index in [9.17, 15) is 0 Å². The van der Waals surface area contributed by atoms with Gasteiger partial charge in [-0.3, -0.25) is 4.90 Å². The molecule has 1 aliphatic rings. The second kappa shape index (κ2) is 6.81. The third-order valence-electron chi connectivity index (χ3n) is 4.77. The molecule has 4 heterocycles. The van der Waals surface area contributed by atoms with Crippen LogP contribution < -0.4 is 0 Å². The topological polar surface area (TPSA) is 68.2 Å². The summed E-state index contributed by atoms with van der Waals surface area (Å²) in [4.78, 5) is 11.5. The van der Waals surface area contributed by atoms with E-state index in [1.54, 1.807) is 6.26 Å². The number of nitrogens with zero attached hydrogens (tertiary/aromatic N) is 4. The number of benzene rings is 1. The summed E-state index contributed by atoms with van der Waals surface area (Å²) >= 11 is 0. The van der Waals surface area contributed by atoms with Crippen molar-refractivity contribution in [3.8, 4) is 22.9 Å². The zero-order valence-electron chi connectivity index (χ0n) is 14.7. The van der Waals surface area contributed by atoms with Gasteiger partial charge >= 0.3 is 0 Å². The predicted octanol–water partition coefficient (Wildman–Crippen LogP) is 3.95. The van der Waals surface area contributed by atoms with E-state index in [0.29, 0.717) is 11.6 Å². The summed E-state index contributed by atoms with van der Waals surface area (Å²) in [5.74, 6) is 2.12. The fourth-order valence-electron chi connectivity index (χ4n) is 3.37. The van der Waals surface area contributed by atoms with E-state index >= 15 is 0 Å². The molecule has 0 atom stereocenters. The summed E-state index contributed by atoms with van der Waals surface area (Å²) in [6.07, 6.45) is 4.48. The monoisotopic (exact) mass is 358 g/mol. The first kappa shape index (κ1) is 16.0. The standard InChI is InChI=1S/C21H18N4O2/c1-2-5-15(6-3-1)20-11-17(24-27-20)13-25-9-8-16-12-22-21(23-18(16)14-25)19-7-4-10-26-19/h1-7,10-12H,8-9,13-14H2. The zero-order valence-corrected chi connectivity index (χ0v) is 14.7. The van der Waals surface area contributed by atoms with Crippen LogP contribution in [0.25, 0.3) is 22.9 Å². The molecule has 1 aliphatic heterocycles. The molecule has 0 bridgehead atoms. The van der Waals surface area contributed by atoms with E-state index in [2.05, 4.69) is 15.0 Å². The molecule has 0 fully saturated rings. The maximum absolute atomic E-state index is 5.52. The van der Waals surface area contributed by atoms with Crippen LogP contribution in [0.15, 0.2) is 69.9 Å². The molecule has 0 aliphatic carbocycles. The maximum Gasteiger partial charge on any atom is 0.195 e. The molecule has 4 aromatic rings. The number of rotatable bonds is 4. The molecular formula is C21H18N4O2. The Morgan fingerprint density at radius 1 is 1.04 bits per heavy atom. The lowest BCUT2D eigenvalue weighted by molar-refractivity contribution is 0.234. The molecule has 6 heteroatoms. The minimum atomic E-state index is 0.633. The minimum absolute atomic E-state index is 0.633. The number of hydrogen-bond donors (Lipinski definition) is 0. The van der Waals surface area contributed by atoms with Crippen molar-refractivity contribution in [2.45, 2.75) is 19.5 Å². The van der Waals surface area contributed by atoms with E-state index in [-0.39, 0.29) is 0 Å². The van der Waals surface area contributed by atoms with Crippen molar-refractivity contribution >= 4 is 0 Å². The lowest BCUT2D eigenvalue weighted by atomic mass is 10.1. The smallest absolute Gasteiger partial charge is 0.195 e. The molecule has 0 unspecified atom stereocenters. The van der Waals surface area contributed by atoms with Crippen molar-refractivity contribution in [2.24, 2.45) is 0 Å². The van der Waals surface area contributed by atoms with Crippen LogP contribution in [0.5, 0.6) is 0 Å². The van der Waals surface area contributed by atoms with Crippen LogP contribution >= 0.6 is 0 Å². The fraction of sp³-hybridized carbons (Fsp3) is 0.190. The quantitative estimate of drug-likeness (QED) is 0.550. The molecule has 0 N–H and O–H groups in total. The van der Waals surface area contributed by atoms with Crippen molar-refractivity contribution in [1.82, 2.24) is 20.0 Å². The van der Waals surface area contributed by atoms with Gasteiger partial charge in [0.1, 0.15) is 0 Å². The average Bonchev–Trinajstić information content (AvgIpc) is 3.40. The van der Waals surface area contributed by atoms with Crippen LogP contribution in [0.3, 0.4) is 0 Å². The Morgan fingerprint density at radius 2 is 1.96 bits per heavy atom. The molecule has 0 saturated carbocycles. The number of hydrogen-bond acceptors (Lipinski definition) is 6. The lowest BCUT2D eigenvalue weighted by Gasteiger charge is -2.26. The molecule has 0 radical (unpaired) electrons. The molecule has 5 rings (SSSR count). The minimum Gasteiger partial charge on any atom is -0.461 e. The van der Waals surface area contributed by atoms with Gasteiger partial charge in [-0.05, 0) is 24.1 Å². The van der Waals surface area contributed by atoms with Crippen molar-refractivity contribution in [3.63, 3.8) is 0 Å². The summed E-state index contributed by atoms with van der Waals surface area (Å²) in [5, 5.41) is 4.24. The van der Waals surface area contributed by atoms with Crippen molar-refractivity contribution in [2.75, 3.05) is 6.54 Å². The second-order valence-corrected chi connectivity index (χ2v) is 6.65.